The molecule has 0 N–H and O–H groups in total. The lowest BCUT2D eigenvalue weighted by Crippen LogP contribution is -2.22. The lowest BCUT2D eigenvalue weighted by Gasteiger charge is -2.17. The lowest BCUT2D eigenvalue weighted by molar-refractivity contribution is 0.228. The molecule has 1 saturated heterocycles. The molecule has 0 atom stereocenters. The molecule has 0 radical (unpaired) electrons. The van der Waals surface area contributed by atoms with Crippen molar-refractivity contribution in [3.05, 3.63) is 12.5 Å². The van der Waals surface area contributed by atoms with Gasteiger partial charge in [-0.3, -0.25) is 0 Å². The minimum atomic E-state index is 0.693. The second-order valence-corrected chi connectivity index (χ2v) is 3.08. The Morgan fingerprint density at radius 3 is 2.80 bits per heavy atom. The van der Waals surface area contributed by atoms with Gasteiger partial charge >= 0.3 is 0 Å². The van der Waals surface area contributed by atoms with Crippen LogP contribution in [0.5, 0.6) is 0 Å². The molecule has 0 saturated carbocycles. The van der Waals surface area contributed by atoms with Crippen molar-refractivity contribution in [3.8, 4) is 0 Å². The molecule has 0 bridgehead atoms. The topological polar surface area (TPSA) is 12.5 Å². The minimum Gasteiger partial charge on any atom is -0.478 e. The van der Waals surface area contributed by atoms with Gasteiger partial charge in [0.15, 0.2) is 5.88 Å². The number of hydrogen-bond donors (Lipinski definition) is 0. The van der Waals surface area contributed by atoms with E-state index in [9.17, 15) is 0 Å². The molecule has 0 aliphatic carbocycles. The fourth-order valence-electron chi connectivity index (χ4n) is 1.12. The van der Waals surface area contributed by atoms with Gasteiger partial charge in [0.05, 0.1) is 6.54 Å². The van der Waals surface area contributed by atoms with E-state index in [1.807, 2.05) is 0 Å². The molecule has 0 amide bonds. The SMILES string of the molecule is C=C1OCCN1CC(C)C. The summed E-state index contributed by atoms with van der Waals surface area (Å²) in [6.07, 6.45) is 0. The molecular weight excluding hydrogens is 126 g/mol. The molecular formula is C8H15NO. The Bertz CT molecular complexity index is 131. The Hall–Kier alpha value is -0.660. The molecule has 58 valence electrons. The highest BCUT2D eigenvalue weighted by atomic mass is 16.5. The van der Waals surface area contributed by atoms with Gasteiger partial charge in [-0.2, -0.15) is 0 Å². The van der Waals surface area contributed by atoms with Crippen molar-refractivity contribution in [1.29, 1.82) is 0 Å². The van der Waals surface area contributed by atoms with E-state index in [-0.39, 0.29) is 0 Å². The summed E-state index contributed by atoms with van der Waals surface area (Å²) in [7, 11) is 0. The normalized spacial score (nSPS) is 18.3. The predicted octanol–water partition coefficient (Wildman–Crippen LogP) is 1.45. The summed E-state index contributed by atoms with van der Waals surface area (Å²) in [6.45, 7) is 11.1. The summed E-state index contributed by atoms with van der Waals surface area (Å²) in [4.78, 5) is 2.19. The van der Waals surface area contributed by atoms with Gasteiger partial charge in [-0.15, -0.1) is 0 Å². The summed E-state index contributed by atoms with van der Waals surface area (Å²) in [5.74, 6) is 1.53. The standard InChI is InChI=1S/C8H15NO/c1-7(2)6-9-4-5-10-8(9)3/h7H,3-6H2,1-2H3. The lowest BCUT2D eigenvalue weighted by atomic mass is 10.2. The zero-order chi connectivity index (χ0) is 7.56. The molecule has 2 heteroatoms. The first-order chi connectivity index (χ1) is 4.70. The van der Waals surface area contributed by atoms with Crippen molar-refractivity contribution < 1.29 is 4.74 Å². The van der Waals surface area contributed by atoms with Gasteiger partial charge in [0, 0.05) is 6.54 Å². The Morgan fingerprint density at radius 2 is 2.40 bits per heavy atom. The second-order valence-electron chi connectivity index (χ2n) is 3.08. The highest BCUT2D eigenvalue weighted by Gasteiger charge is 2.16. The van der Waals surface area contributed by atoms with Crippen LogP contribution in [-0.2, 0) is 4.74 Å². The monoisotopic (exact) mass is 141 g/mol. The van der Waals surface area contributed by atoms with Crippen molar-refractivity contribution in [1.82, 2.24) is 4.90 Å². The Labute approximate surface area is 62.5 Å². The maximum absolute atomic E-state index is 5.20. The third kappa shape index (κ3) is 1.66. The maximum Gasteiger partial charge on any atom is 0.181 e. The number of rotatable bonds is 2. The number of hydrogen-bond acceptors (Lipinski definition) is 2. The minimum absolute atomic E-state index is 0.693. The molecule has 0 spiro atoms. The third-order valence-electron chi connectivity index (χ3n) is 1.57. The molecule has 1 heterocycles. The van der Waals surface area contributed by atoms with Crippen LogP contribution in [0.15, 0.2) is 12.5 Å². The first kappa shape index (κ1) is 7.45. The van der Waals surface area contributed by atoms with Crippen molar-refractivity contribution in [2.45, 2.75) is 13.8 Å². The van der Waals surface area contributed by atoms with E-state index >= 15 is 0 Å². The summed E-state index contributed by atoms with van der Waals surface area (Å²) in [5.41, 5.74) is 0. The predicted molar refractivity (Wildman–Crippen MR) is 41.5 cm³/mol. The van der Waals surface area contributed by atoms with Gasteiger partial charge in [-0.1, -0.05) is 13.8 Å². The summed E-state index contributed by atoms with van der Waals surface area (Å²) < 4.78 is 5.20. The Kier molecular flexibility index (Phi) is 2.20. The molecule has 1 aliphatic rings. The van der Waals surface area contributed by atoms with Crippen LogP contribution < -0.4 is 0 Å². The molecule has 0 aromatic rings. The van der Waals surface area contributed by atoms with Crippen molar-refractivity contribution >= 4 is 0 Å². The zero-order valence-corrected chi connectivity index (χ0v) is 6.76. The molecule has 0 aromatic carbocycles. The highest BCUT2D eigenvalue weighted by Crippen LogP contribution is 2.12. The van der Waals surface area contributed by atoms with E-state index in [1.165, 1.54) is 0 Å². The smallest absolute Gasteiger partial charge is 0.181 e. The summed E-state index contributed by atoms with van der Waals surface area (Å²) in [6, 6.07) is 0. The van der Waals surface area contributed by atoms with Crippen LogP contribution in [0.3, 0.4) is 0 Å². The molecule has 1 fully saturated rings. The van der Waals surface area contributed by atoms with Crippen LogP contribution in [0.4, 0.5) is 0 Å². The fourth-order valence-corrected chi connectivity index (χ4v) is 1.12. The van der Waals surface area contributed by atoms with Crippen LogP contribution in [0, 0.1) is 5.92 Å². The van der Waals surface area contributed by atoms with Gasteiger partial charge in [0.2, 0.25) is 0 Å². The van der Waals surface area contributed by atoms with Crippen LogP contribution in [0.25, 0.3) is 0 Å². The van der Waals surface area contributed by atoms with Crippen LogP contribution in [0.1, 0.15) is 13.8 Å². The van der Waals surface area contributed by atoms with E-state index < -0.39 is 0 Å². The Balaban J connectivity index is 2.33. The maximum atomic E-state index is 5.20. The molecule has 2 nitrogen and oxygen atoms in total. The number of nitrogens with zero attached hydrogens (tertiary/aromatic N) is 1. The first-order valence-corrected chi connectivity index (χ1v) is 3.77. The first-order valence-electron chi connectivity index (χ1n) is 3.77. The zero-order valence-electron chi connectivity index (χ0n) is 6.76. The summed E-state index contributed by atoms with van der Waals surface area (Å²) >= 11 is 0. The van der Waals surface area contributed by atoms with Gasteiger partial charge < -0.3 is 9.64 Å². The van der Waals surface area contributed by atoms with E-state index in [0.29, 0.717) is 5.92 Å². The van der Waals surface area contributed by atoms with E-state index in [0.717, 1.165) is 25.6 Å². The van der Waals surface area contributed by atoms with Gasteiger partial charge in [-0.25, -0.2) is 0 Å². The fraction of sp³-hybridized carbons (Fsp3) is 0.750. The van der Waals surface area contributed by atoms with E-state index in [1.54, 1.807) is 0 Å². The van der Waals surface area contributed by atoms with Gasteiger partial charge in [-0.05, 0) is 12.5 Å². The molecule has 1 rings (SSSR count). The average molecular weight is 141 g/mol. The molecule has 10 heavy (non-hydrogen) atoms. The molecule has 0 unspecified atom stereocenters. The average Bonchev–Trinajstić information content (AvgIpc) is 2.15. The van der Waals surface area contributed by atoms with Crippen LogP contribution in [0.2, 0.25) is 0 Å². The van der Waals surface area contributed by atoms with Gasteiger partial charge in [0.1, 0.15) is 6.61 Å². The van der Waals surface area contributed by atoms with Crippen molar-refractivity contribution in [2.75, 3.05) is 19.7 Å². The Morgan fingerprint density at radius 1 is 1.70 bits per heavy atom. The van der Waals surface area contributed by atoms with Crippen LogP contribution in [-0.4, -0.2) is 24.6 Å². The quantitative estimate of drug-likeness (QED) is 0.577. The molecule has 0 aromatic heterocycles. The third-order valence-corrected chi connectivity index (χ3v) is 1.57. The summed E-state index contributed by atoms with van der Waals surface area (Å²) in [5, 5.41) is 0. The van der Waals surface area contributed by atoms with Gasteiger partial charge in [0.25, 0.3) is 0 Å². The van der Waals surface area contributed by atoms with Crippen molar-refractivity contribution in [2.24, 2.45) is 5.92 Å². The van der Waals surface area contributed by atoms with E-state index in [4.69, 9.17) is 4.74 Å². The van der Waals surface area contributed by atoms with Crippen molar-refractivity contribution in [3.63, 3.8) is 0 Å². The molecule has 1 aliphatic heterocycles. The largest absolute Gasteiger partial charge is 0.478 e. The number of ether oxygens (including phenoxy) is 1. The van der Waals surface area contributed by atoms with E-state index in [2.05, 4.69) is 25.3 Å². The highest BCUT2D eigenvalue weighted by molar-refractivity contribution is 4.88. The van der Waals surface area contributed by atoms with Crippen LogP contribution >= 0.6 is 0 Å². The second kappa shape index (κ2) is 2.95.